The van der Waals surface area contributed by atoms with Gasteiger partial charge in [0.2, 0.25) is 0 Å². The minimum Gasteiger partial charge on any atom is -0.489 e. The number of carbonyl (C=O) groups excluding carboxylic acids is 1. The Morgan fingerprint density at radius 2 is 1.86 bits per heavy atom. The molecule has 0 spiro atoms. The third-order valence-corrected chi connectivity index (χ3v) is 6.66. The largest absolute Gasteiger partial charge is 0.489 e. The zero-order valence-corrected chi connectivity index (χ0v) is 21.3. The van der Waals surface area contributed by atoms with Crippen molar-refractivity contribution >= 4 is 34.6 Å². The van der Waals surface area contributed by atoms with Gasteiger partial charge in [-0.15, -0.1) is 11.3 Å². The van der Waals surface area contributed by atoms with Crippen molar-refractivity contribution in [2.24, 2.45) is 0 Å². The molecule has 1 N–H and O–H groups in total. The molecule has 37 heavy (non-hydrogen) atoms. The molecule has 7 heteroatoms. The second-order valence-electron chi connectivity index (χ2n) is 8.29. The molecule has 0 aliphatic rings. The van der Waals surface area contributed by atoms with Crippen LogP contribution in [-0.4, -0.2) is 17.1 Å². The van der Waals surface area contributed by atoms with Gasteiger partial charge in [-0.3, -0.25) is 14.2 Å². The van der Waals surface area contributed by atoms with Crippen LogP contribution in [0.1, 0.15) is 16.7 Å². The van der Waals surface area contributed by atoms with Gasteiger partial charge in [-0.2, -0.15) is 5.26 Å². The van der Waals surface area contributed by atoms with Crippen molar-refractivity contribution in [2.75, 3.05) is 11.9 Å². The van der Waals surface area contributed by atoms with E-state index in [9.17, 15) is 14.9 Å². The number of amides is 1. The Morgan fingerprint density at radius 3 is 2.59 bits per heavy atom. The van der Waals surface area contributed by atoms with Gasteiger partial charge >= 0.3 is 0 Å². The zero-order chi connectivity index (χ0) is 26.4. The maximum Gasteiger partial charge on any atom is 0.273 e. The van der Waals surface area contributed by atoms with E-state index in [0.717, 1.165) is 22.5 Å². The SMILES string of the molecule is C=CCOc1ccccc1/C=c1\s/c(=C(\C#N)C(=O)Nc2cccc(C)c2)n(-c2ccccc2C)c1=O. The van der Waals surface area contributed by atoms with E-state index >= 15 is 0 Å². The van der Waals surface area contributed by atoms with Gasteiger partial charge in [-0.05, 0) is 55.3 Å². The predicted octanol–water partition coefficient (Wildman–Crippen LogP) is 4.22. The number of para-hydroxylation sites is 2. The fourth-order valence-electron chi connectivity index (χ4n) is 3.82. The highest BCUT2D eigenvalue weighted by molar-refractivity contribution is 7.07. The van der Waals surface area contributed by atoms with Gasteiger partial charge in [0.1, 0.15) is 23.1 Å². The molecule has 0 aliphatic carbocycles. The Bertz CT molecular complexity index is 1710. The van der Waals surface area contributed by atoms with Crippen molar-refractivity contribution in [1.82, 2.24) is 4.57 Å². The third-order valence-electron chi connectivity index (χ3n) is 5.57. The summed E-state index contributed by atoms with van der Waals surface area (Å²) in [5.74, 6) is 0.0128. The molecule has 0 saturated heterocycles. The molecule has 0 atom stereocenters. The van der Waals surface area contributed by atoms with Crippen molar-refractivity contribution in [2.45, 2.75) is 13.8 Å². The number of carbonyl (C=O) groups is 1. The van der Waals surface area contributed by atoms with Gasteiger partial charge in [-0.25, -0.2) is 0 Å². The number of thiazole rings is 1. The molecule has 184 valence electrons. The van der Waals surface area contributed by atoms with Crippen LogP contribution in [-0.2, 0) is 4.79 Å². The first-order chi connectivity index (χ1) is 17.9. The molecule has 4 rings (SSSR count). The number of aryl methyl sites for hydroxylation is 2. The van der Waals surface area contributed by atoms with Crippen molar-refractivity contribution in [3.05, 3.63) is 122 Å². The van der Waals surface area contributed by atoms with Gasteiger partial charge in [0, 0.05) is 11.3 Å². The number of rotatable bonds is 7. The van der Waals surface area contributed by atoms with E-state index in [4.69, 9.17) is 4.74 Å². The number of nitriles is 1. The topological polar surface area (TPSA) is 84.1 Å². The quantitative estimate of drug-likeness (QED) is 0.380. The summed E-state index contributed by atoms with van der Waals surface area (Å²) in [6.07, 6.45) is 3.36. The number of hydrogen-bond donors (Lipinski definition) is 1. The van der Waals surface area contributed by atoms with Crippen molar-refractivity contribution in [3.8, 4) is 17.5 Å². The highest BCUT2D eigenvalue weighted by atomic mass is 32.1. The van der Waals surface area contributed by atoms with Crippen molar-refractivity contribution in [3.63, 3.8) is 0 Å². The van der Waals surface area contributed by atoms with Crippen LogP contribution in [0.2, 0.25) is 0 Å². The fourth-order valence-corrected chi connectivity index (χ4v) is 4.90. The second-order valence-corrected chi connectivity index (χ2v) is 9.32. The zero-order valence-electron chi connectivity index (χ0n) is 20.5. The first-order valence-corrected chi connectivity index (χ1v) is 12.4. The van der Waals surface area contributed by atoms with E-state index in [1.165, 1.54) is 4.57 Å². The van der Waals surface area contributed by atoms with Gasteiger partial charge in [-0.1, -0.05) is 61.2 Å². The molecule has 1 aromatic heterocycles. The summed E-state index contributed by atoms with van der Waals surface area (Å²) in [5.41, 5.74) is 3.20. The number of nitrogens with zero attached hydrogens (tertiary/aromatic N) is 2. The van der Waals surface area contributed by atoms with E-state index in [1.54, 1.807) is 24.3 Å². The van der Waals surface area contributed by atoms with E-state index in [-0.39, 0.29) is 15.8 Å². The molecule has 4 aromatic rings. The summed E-state index contributed by atoms with van der Waals surface area (Å²) < 4.78 is 7.80. The molecule has 1 amide bonds. The summed E-state index contributed by atoms with van der Waals surface area (Å²) in [6.45, 7) is 7.80. The Hall–Kier alpha value is -4.67. The van der Waals surface area contributed by atoms with Crippen LogP contribution in [0.4, 0.5) is 5.69 Å². The molecule has 0 saturated carbocycles. The first-order valence-electron chi connectivity index (χ1n) is 11.6. The van der Waals surface area contributed by atoms with Crippen LogP contribution in [0.3, 0.4) is 0 Å². The average Bonchev–Trinajstić information content (AvgIpc) is 3.19. The molecule has 3 aromatic carbocycles. The molecule has 0 radical (unpaired) electrons. The first kappa shape index (κ1) is 25.4. The lowest BCUT2D eigenvalue weighted by Crippen LogP contribution is -2.32. The summed E-state index contributed by atoms with van der Waals surface area (Å²) >= 11 is 1.09. The molecular formula is C30H25N3O3S. The lowest BCUT2D eigenvalue weighted by Gasteiger charge is -2.08. The van der Waals surface area contributed by atoms with Crippen LogP contribution in [0.15, 0.2) is 90.2 Å². The molecule has 1 heterocycles. The van der Waals surface area contributed by atoms with Gasteiger partial charge in [0.05, 0.1) is 10.2 Å². The molecule has 0 bridgehead atoms. The van der Waals surface area contributed by atoms with Crippen molar-refractivity contribution < 1.29 is 9.53 Å². The minimum atomic E-state index is -0.585. The molecular weight excluding hydrogens is 482 g/mol. The molecule has 6 nitrogen and oxygen atoms in total. The number of benzene rings is 3. The van der Waals surface area contributed by atoms with Crippen molar-refractivity contribution in [1.29, 1.82) is 5.26 Å². The van der Waals surface area contributed by atoms with Crippen LogP contribution < -0.4 is 24.8 Å². The maximum atomic E-state index is 13.7. The Balaban J connectivity index is 1.98. The Morgan fingerprint density at radius 1 is 1.11 bits per heavy atom. The van der Waals surface area contributed by atoms with Crippen LogP contribution in [0.25, 0.3) is 17.3 Å². The monoisotopic (exact) mass is 507 g/mol. The summed E-state index contributed by atoms with van der Waals surface area (Å²) in [6, 6.07) is 24.0. The van der Waals surface area contributed by atoms with Crippen LogP contribution in [0.5, 0.6) is 5.75 Å². The van der Waals surface area contributed by atoms with E-state index in [1.807, 2.05) is 80.6 Å². The molecule has 0 fully saturated rings. The number of hydrogen-bond acceptors (Lipinski definition) is 5. The van der Waals surface area contributed by atoms with E-state index in [2.05, 4.69) is 11.9 Å². The van der Waals surface area contributed by atoms with Crippen LogP contribution in [0, 0.1) is 25.2 Å². The fraction of sp³-hybridized carbons (Fsp3) is 0.100. The summed E-state index contributed by atoms with van der Waals surface area (Å²) in [7, 11) is 0. The average molecular weight is 508 g/mol. The van der Waals surface area contributed by atoms with E-state index in [0.29, 0.717) is 33.8 Å². The number of aromatic nitrogens is 1. The van der Waals surface area contributed by atoms with E-state index < -0.39 is 5.91 Å². The van der Waals surface area contributed by atoms with Gasteiger partial charge in [0.25, 0.3) is 11.5 Å². The predicted molar refractivity (Wildman–Crippen MR) is 148 cm³/mol. The Kier molecular flexibility index (Phi) is 7.82. The van der Waals surface area contributed by atoms with Gasteiger partial charge < -0.3 is 10.1 Å². The third kappa shape index (κ3) is 5.61. The standard InChI is InChI=1S/C30H25N3O3S/c1-4-16-36-26-15-8-6-12-22(26)18-27-29(35)33(25-14-7-5-11-21(25)3)30(37-27)24(19-31)28(34)32-23-13-9-10-20(2)17-23/h4-15,17-18H,1,16H2,2-3H3,(H,32,34)/b27-18-,30-24+. The smallest absolute Gasteiger partial charge is 0.273 e. The Labute approximate surface area is 218 Å². The van der Waals surface area contributed by atoms with Crippen LogP contribution >= 0.6 is 11.3 Å². The maximum absolute atomic E-state index is 13.7. The summed E-state index contributed by atoms with van der Waals surface area (Å²) in [4.78, 5) is 27.0. The minimum absolute atomic E-state index is 0.150. The highest BCUT2D eigenvalue weighted by Gasteiger charge is 2.18. The second kappa shape index (κ2) is 11.4. The lowest BCUT2D eigenvalue weighted by atomic mass is 10.2. The lowest BCUT2D eigenvalue weighted by molar-refractivity contribution is -0.111. The normalized spacial score (nSPS) is 12.0. The number of nitrogens with one attached hydrogen (secondary N) is 1. The highest BCUT2D eigenvalue weighted by Crippen LogP contribution is 2.19. The summed E-state index contributed by atoms with van der Waals surface area (Å²) in [5, 5.41) is 12.8. The molecule has 0 unspecified atom stereocenters. The number of ether oxygens (including phenoxy) is 1. The number of anilines is 1. The molecule has 0 aliphatic heterocycles. The van der Waals surface area contributed by atoms with Gasteiger partial charge in [0.15, 0.2) is 5.57 Å².